The van der Waals surface area contributed by atoms with Crippen molar-refractivity contribution in [1.29, 1.82) is 0 Å². The minimum Gasteiger partial charge on any atom is -0.106 e. The fourth-order valence-electron chi connectivity index (χ4n) is 2.49. The fourth-order valence-corrected chi connectivity index (χ4v) is 5.43. The minimum atomic E-state index is -1.78. The maximum Gasteiger partial charge on any atom is -0.0166 e. The lowest BCUT2D eigenvalue weighted by Crippen LogP contribution is -2.25. The number of benzene rings is 3. The highest BCUT2D eigenvalue weighted by Gasteiger charge is 2.21. The van der Waals surface area contributed by atoms with E-state index in [4.69, 9.17) is 6.30 Å². The number of hydrogen-bond donors (Lipinski definition) is 0. The second kappa shape index (κ2) is 7.64. The molecule has 0 bridgehead atoms. The summed E-state index contributed by atoms with van der Waals surface area (Å²) in [6.07, 6.45) is 4.69. The van der Waals surface area contributed by atoms with Gasteiger partial charge in [0.2, 0.25) is 0 Å². The van der Waals surface area contributed by atoms with E-state index in [-0.39, 0.29) is 0 Å². The van der Waals surface area contributed by atoms with Crippen molar-refractivity contribution in [1.82, 2.24) is 0 Å². The van der Waals surface area contributed by atoms with Crippen molar-refractivity contribution >= 4 is 29.1 Å². The highest BCUT2D eigenvalue weighted by atomic mass is 31.2. The van der Waals surface area contributed by atoms with Gasteiger partial charge in [0.1, 0.15) is 0 Å². The van der Waals surface area contributed by atoms with E-state index < -0.39 is 6.89 Å². The van der Waals surface area contributed by atoms with Gasteiger partial charge in [0.25, 0.3) is 0 Å². The average molecular weight is 304 g/mol. The van der Waals surface area contributed by atoms with Crippen LogP contribution in [0.4, 0.5) is 0 Å². The second-order valence-corrected chi connectivity index (χ2v) is 7.99. The molecule has 0 aliphatic carbocycles. The summed E-state index contributed by atoms with van der Waals surface area (Å²) in [4.78, 5) is 0. The molecule has 3 aromatic rings. The van der Waals surface area contributed by atoms with E-state index in [0.717, 1.165) is 0 Å². The molecule has 0 saturated carbocycles. The normalized spacial score (nSPS) is 10.4. The third-order valence-corrected chi connectivity index (χ3v) is 7.13. The van der Waals surface area contributed by atoms with Crippen LogP contribution in [0.15, 0.2) is 104 Å². The molecule has 3 aromatic carbocycles. The van der Waals surface area contributed by atoms with Crippen molar-refractivity contribution in [3.63, 3.8) is 0 Å². The molecule has 0 spiro atoms. The topological polar surface area (TPSA) is 0 Å². The third kappa shape index (κ3) is 3.13. The molecule has 0 aliphatic heterocycles. The first-order valence-corrected chi connectivity index (χ1v) is 9.19. The molecule has 1 heteroatoms. The standard InChI is InChI=1S/C19H17P.C2H4/c1-20(17-11-5-2-6-12-17,18-13-7-3-8-14-18)19-15-9-4-10-16-19;1-2/h2-16H,1H2;1-2H2. The molecule has 0 aliphatic rings. The highest BCUT2D eigenvalue weighted by molar-refractivity contribution is 7.93. The molecule has 0 aromatic heterocycles. The summed E-state index contributed by atoms with van der Waals surface area (Å²) < 4.78 is 0. The van der Waals surface area contributed by atoms with Gasteiger partial charge in [-0.3, -0.25) is 0 Å². The molecular weight excluding hydrogens is 283 g/mol. The van der Waals surface area contributed by atoms with Crippen LogP contribution in [0.25, 0.3) is 0 Å². The Balaban J connectivity index is 0.000000847. The largest absolute Gasteiger partial charge is 0.106 e. The maximum atomic E-state index is 4.69. The van der Waals surface area contributed by atoms with Gasteiger partial charge >= 0.3 is 0 Å². The Bertz CT molecular complexity index is 627. The van der Waals surface area contributed by atoms with Crippen molar-refractivity contribution in [3.8, 4) is 0 Å². The van der Waals surface area contributed by atoms with Gasteiger partial charge in [0, 0.05) is 0 Å². The number of hydrogen-bond acceptors (Lipinski definition) is 0. The zero-order chi connectivity index (χ0) is 15.8. The van der Waals surface area contributed by atoms with E-state index in [2.05, 4.69) is 104 Å². The molecular formula is C21H21P. The van der Waals surface area contributed by atoms with Crippen molar-refractivity contribution in [3.05, 3.63) is 104 Å². The molecule has 0 radical (unpaired) electrons. The van der Waals surface area contributed by atoms with Gasteiger partial charge in [-0.15, -0.1) is 13.2 Å². The van der Waals surface area contributed by atoms with Crippen LogP contribution in [-0.2, 0) is 0 Å². The highest BCUT2D eigenvalue weighted by Crippen LogP contribution is 2.41. The van der Waals surface area contributed by atoms with Gasteiger partial charge in [0.15, 0.2) is 0 Å². The van der Waals surface area contributed by atoms with Crippen LogP contribution in [0.5, 0.6) is 0 Å². The Kier molecular flexibility index (Phi) is 5.58. The fraction of sp³-hybridized carbons (Fsp3) is 0. The molecule has 22 heavy (non-hydrogen) atoms. The van der Waals surface area contributed by atoms with Gasteiger partial charge in [-0.05, 0) is 22.8 Å². The smallest absolute Gasteiger partial charge is 0.0166 e. The lowest BCUT2D eigenvalue weighted by atomic mass is 10.4. The van der Waals surface area contributed by atoms with Crippen LogP contribution < -0.4 is 15.9 Å². The van der Waals surface area contributed by atoms with Crippen LogP contribution >= 0.6 is 6.89 Å². The first-order chi connectivity index (χ1) is 10.8. The van der Waals surface area contributed by atoms with E-state index in [0.29, 0.717) is 0 Å². The first-order valence-electron chi connectivity index (χ1n) is 7.22. The van der Waals surface area contributed by atoms with Gasteiger partial charge in [0.05, 0.1) is 0 Å². The molecule has 0 unspecified atom stereocenters. The van der Waals surface area contributed by atoms with Crippen LogP contribution in [0.3, 0.4) is 0 Å². The summed E-state index contributed by atoms with van der Waals surface area (Å²) in [5.41, 5.74) is 0. The van der Waals surface area contributed by atoms with E-state index in [1.54, 1.807) is 0 Å². The second-order valence-electron chi connectivity index (χ2n) is 4.82. The predicted octanol–water partition coefficient (Wildman–Crippen LogP) is 4.21. The van der Waals surface area contributed by atoms with E-state index in [1.165, 1.54) is 15.9 Å². The van der Waals surface area contributed by atoms with Crippen LogP contribution in [-0.4, -0.2) is 6.30 Å². The Morgan fingerprint density at radius 3 is 0.909 bits per heavy atom. The predicted molar refractivity (Wildman–Crippen MR) is 104 cm³/mol. The van der Waals surface area contributed by atoms with Gasteiger partial charge in [-0.25, -0.2) is 0 Å². The van der Waals surface area contributed by atoms with Gasteiger partial charge in [-0.2, -0.15) is 0 Å². The molecule has 3 rings (SSSR count). The summed E-state index contributed by atoms with van der Waals surface area (Å²) in [6, 6.07) is 31.9. The van der Waals surface area contributed by atoms with Gasteiger partial charge < -0.3 is 0 Å². The van der Waals surface area contributed by atoms with E-state index in [1.807, 2.05) is 0 Å². The van der Waals surface area contributed by atoms with Crippen LogP contribution in [0.1, 0.15) is 0 Å². The molecule has 0 amide bonds. The molecule has 0 atom stereocenters. The van der Waals surface area contributed by atoms with E-state index in [9.17, 15) is 0 Å². The summed E-state index contributed by atoms with van der Waals surface area (Å²) in [6.45, 7) is 4.22. The molecule has 0 N–H and O–H groups in total. The zero-order valence-electron chi connectivity index (χ0n) is 12.7. The third-order valence-electron chi connectivity index (χ3n) is 3.59. The quantitative estimate of drug-likeness (QED) is 0.502. The summed E-state index contributed by atoms with van der Waals surface area (Å²) >= 11 is 0. The molecule has 110 valence electrons. The summed E-state index contributed by atoms with van der Waals surface area (Å²) in [7, 11) is 0. The Morgan fingerprint density at radius 2 is 0.682 bits per heavy atom. The summed E-state index contributed by atoms with van der Waals surface area (Å²) in [5, 5.41) is 3.95. The maximum absolute atomic E-state index is 4.69. The molecule has 0 saturated heterocycles. The minimum absolute atomic E-state index is 1.32. The average Bonchev–Trinajstić information content (AvgIpc) is 2.65. The van der Waals surface area contributed by atoms with Crippen molar-refractivity contribution in [2.45, 2.75) is 0 Å². The first kappa shape index (κ1) is 16.1. The van der Waals surface area contributed by atoms with Crippen molar-refractivity contribution < 1.29 is 0 Å². The SMILES string of the molecule is C=C.C=P(c1ccccc1)(c1ccccc1)c1ccccc1. The molecule has 0 fully saturated rings. The lowest BCUT2D eigenvalue weighted by molar-refractivity contribution is 1.73. The van der Waals surface area contributed by atoms with E-state index >= 15 is 0 Å². The Labute approximate surface area is 133 Å². The number of rotatable bonds is 3. The van der Waals surface area contributed by atoms with Crippen molar-refractivity contribution in [2.75, 3.05) is 0 Å². The zero-order valence-corrected chi connectivity index (χ0v) is 13.6. The monoisotopic (exact) mass is 304 g/mol. The summed E-state index contributed by atoms with van der Waals surface area (Å²) in [5.74, 6) is 0. The molecule has 0 heterocycles. The molecule has 0 nitrogen and oxygen atoms in total. The van der Waals surface area contributed by atoms with Crippen LogP contribution in [0.2, 0.25) is 0 Å². The van der Waals surface area contributed by atoms with Gasteiger partial charge in [-0.1, -0.05) is 97.3 Å². The van der Waals surface area contributed by atoms with Crippen molar-refractivity contribution in [2.24, 2.45) is 0 Å². The Morgan fingerprint density at radius 1 is 0.455 bits per heavy atom. The van der Waals surface area contributed by atoms with Crippen LogP contribution in [0, 0.1) is 0 Å². The Hall–Kier alpha value is -2.30. The lowest BCUT2D eigenvalue weighted by Gasteiger charge is -2.26.